The smallest absolute Gasteiger partial charge is 0.382 e. The van der Waals surface area contributed by atoms with Gasteiger partial charge in [0, 0.05) is 4.98 Å². The number of aliphatic hydroxyl groups is 1. The van der Waals surface area contributed by atoms with Gasteiger partial charge in [0.25, 0.3) is 0 Å². The van der Waals surface area contributed by atoms with Crippen LogP contribution in [0.5, 0.6) is 11.8 Å². The molecule has 9 nitrogen and oxygen atoms in total. The van der Waals surface area contributed by atoms with Gasteiger partial charge in [0.1, 0.15) is 11.3 Å². The quantitative estimate of drug-likeness (QED) is 0.373. The third-order valence-corrected chi connectivity index (χ3v) is 5.30. The molecule has 0 aromatic carbocycles. The van der Waals surface area contributed by atoms with Crippen LogP contribution in [0.2, 0.25) is 0 Å². The molecule has 0 spiro atoms. The van der Waals surface area contributed by atoms with E-state index in [1.54, 1.807) is 0 Å². The first-order valence-corrected chi connectivity index (χ1v) is 9.02. The molecule has 1 unspecified atom stereocenters. The maximum absolute atomic E-state index is 12.0. The van der Waals surface area contributed by atoms with Gasteiger partial charge in [-0.2, -0.15) is 8.42 Å². The van der Waals surface area contributed by atoms with Crippen LogP contribution in [0, 0.1) is 0 Å². The van der Waals surface area contributed by atoms with Gasteiger partial charge in [0.2, 0.25) is 0 Å². The van der Waals surface area contributed by atoms with Crippen LogP contribution in [0.4, 0.5) is 0 Å². The van der Waals surface area contributed by atoms with E-state index in [0.717, 1.165) is 10.2 Å². The molecule has 1 rings (SSSR count). The predicted molar refractivity (Wildman–Crippen MR) is 81.4 cm³/mol. The van der Waals surface area contributed by atoms with E-state index in [4.69, 9.17) is 9.47 Å². The average Bonchev–Trinajstić information content (AvgIpc) is 2.40. The Hall–Kier alpha value is -1.59. The summed E-state index contributed by atoms with van der Waals surface area (Å²) < 4.78 is 34.8. The van der Waals surface area contributed by atoms with Gasteiger partial charge in [-0.1, -0.05) is 3.97 Å². The number of aliphatic carboxylic acids is 1. The summed E-state index contributed by atoms with van der Waals surface area (Å²) >= 11 is 0.579. The van der Waals surface area contributed by atoms with Crippen molar-refractivity contribution >= 4 is 27.8 Å². The monoisotopic (exact) mass is 367 g/mol. The predicted octanol–water partition coefficient (Wildman–Crippen LogP) is -0.490. The molecular formula is C12H19N2O7S2+. The molecule has 0 amide bonds. The highest BCUT2D eigenvalue weighted by Gasteiger charge is 2.40. The number of rotatable bonds is 7. The fourth-order valence-electron chi connectivity index (χ4n) is 1.66. The standard InChI is InChI=1S/C12H18N2O7S2/c1-12(2,17)9(10(15)16)22-11-13-7(20-3)6-8(21-4)14(11)23(5,18)19/h6,9,17H,1-5H3/p+1. The first kappa shape index (κ1) is 19.5. The molecule has 130 valence electrons. The summed E-state index contributed by atoms with van der Waals surface area (Å²) in [6.07, 6.45) is 0.924. The number of thioether (sulfide) groups is 1. The molecule has 0 saturated heterocycles. The maximum atomic E-state index is 12.0. The average molecular weight is 367 g/mol. The molecule has 1 atom stereocenters. The lowest BCUT2D eigenvalue weighted by atomic mass is 10.1. The van der Waals surface area contributed by atoms with Crippen LogP contribution in [0.15, 0.2) is 11.2 Å². The summed E-state index contributed by atoms with van der Waals surface area (Å²) in [4.78, 5) is 15.4. The minimum atomic E-state index is -3.84. The third kappa shape index (κ3) is 4.69. The Balaban J connectivity index is 3.58. The molecule has 1 aromatic rings. The zero-order valence-corrected chi connectivity index (χ0v) is 14.9. The van der Waals surface area contributed by atoms with Crippen molar-refractivity contribution < 1.29 is 36.9 Å². The lowest BCUT2D eigenvalue weighted by Crippen LogP contribution is -2.48. The van der Waals surface area contributed by atoms with Crippen LogP contribution >= 0.6 is 11.8 Å². The first-order chi connectivity index (χ1) is 10.4. The number of nitrogens with zero attached hydrogens (tertiary/aromatic N) is 2. The van der Waals surface area contributed by atoms with Gasteiger partial charge in [-0.3, -0.25) is 4.79 Å². The fraction of sp³-hybridized carbons (Fsp3) is 0.583. The molecule has 0 aliphatic heterocycles. The number of carboxylic acids is 1. The summed E-state index contributed by atoms with van der Waals surface area (Å²) in [6, 6.07) is 1.25. The zero-order chi connectivity index (χ0) is 18.0. The summed E-state index contributed by atoms with van der Waals surface area (Å²) in [5, 5.41) is 17.7. The first-order valence-electron chi connectivity index (χ1n) is 6.29. The lowest BCUT2D eigenvalue weighted by molar-refractivity contribution is -0.567. The Kier molecular flexibility index (Phi) is 5.83. The van der Waals surface area contributed by atoms with E-state index in [1.165, 1.54) is 34.1 Å². The summed E-state index contributed by atoms with van der Waals surface area (Å²) in [5.41, 5.74) is -1.62. The number of aromatic nitrogens is 2. The Bertz CT molecular complexity index is 698. The van der Waals surface area contributed by atoms with Crippen molar-refractivity contribution in [2.75, 3.05) is 20.5 Å². The summed E-state index contributed by atoms with van der Waals surface area (Å²) in [6.45, 7) is 2.61. The number of carbonyl (C=O) groups is 1. The Labute approximate surface area is 138 Å². The number of ether oxygens (including phenoxy) is 2. The molecule has 11 heteroatoms. The number of hydrogen-bond acceptors (Lipinski definition) is 8. The molecule has 0 fully saturated rings. The Morgan fingerprint density at radius 3 is 2.30 bits per heavy atom. The van der Waals surface area contributed by atoms with E-state index in [-0.39, 0.29) is 16.9 Å². The van der Waals surface area contributed by atoms with Crippen molar-refractivity contribution in [3.05, 3.63) is 6.07 Å². The van der Waals surface area contributed by atoms with Crippen LogP contribution in [-0.4, -0.2) is 60.9 Å². The molecule has 0 aliphatic rings. The summed E-state index contributed by atoms with van der Waals surface area (Å²) in [7, 11) is -1.26. The van der Waals surface area contributed by atoms with Gasteiger partial charge < -0.3 is 19.7 Å². The maximum Gasteiger partial charge on any atom is 0.382 e. The highest BCUT2D eigenvalue weighted by Crippen LogP contribution is 2.30. The SMILES string of the molecule is COc1cc(OC)[n+](S(C)(=O)=O)c(SC(C(=O)O)C(C)(C)O)n1. The van der Waals surface area contributed by atoms with Crippen molar-refractivity contribution in [2.45, 2.75) is 29.9 Å². The van der Waals surface area contributed by atoms with Gasteiger partial charge in [-0.05, 0) is 25.6 Å². The molecule has 0 aliphatic carbocycles. The second kappa shape index (κ2) is 6.89. The van der Waals surface area contributed by atoms with E-state index >= 15 is 0 Å². The van der Waals surface area contributed by atoms with E-state index in [0.29, 0.717) is 11.8 Å². The van der Waals surface area contributed by atoms with Crippen LogP contribution in [-0.2, 0) is 14.8 Å². The van der Waals surface area contributed by atoms with Crippen LogP contribution < -0.4 is 13.4 Å². The number of methoxy groups -OCH3 is 2. The highest BCUT2D eigenvalue weighted by atomic mass is 32.2. The van der Waals surface area contributed by atoms with E-state index in [9.17, 15) is 23.4 Å². The van der Waals surface area contributed by atoms with E-state index in [1.807, 2.05) is 0 Å². The van der Waals surface area contributed by atoms with Crippen LogP contribution in [0.3, 0.4) is 0 Å². The molecular weight excluding hydrogens is 348 g/mol. The van der Waals surface area contributed by atoms with E-state index < -0.39 is 26.8 Å². The van der Waals surface area contributed by atoms with Crippen molar-refractivity contribution in [1.29, 1.82) is 0 Å². The normalized spacial score (nSPS) is 13.5. The van der Waals surface area contributed by atoms with Crippen LogP contribution in [0.25, 0.3) is 0 Å². The number of hydrogen-bond donors (Lipinski definition) is 2. The second-order valence-electron chi connectivity index (χ2n) is 5.14. The summed E-state index contributed by atoms with van der Waals surface area (Å²) in [5.74, 6) is -1.36. The van der Waals surface area contributed by atoms with Gasteiger partial charge in [-0.25, -0.2) is 0 Å². The van der Waals surface area contributed by atoms with E-state index in [2.05, 4.69) is 4.98 Å². The molecule has 1 aromatic heterocycles. The molecule has 23 heavy (non-hydrogen) atoms. The van der Waals surface area contributed by atoms with Gasteiger partial charge in [0.15, 0.2) is 0 Å². The van der Waals surface area contributed by atoms with Gasteiger partial charge >= 0.3 is 32.9 Å². The zero-order valence-electron chi connectivity index (χ0n) is 13.3. The fourth-order valence-corrected chi connectivity index (χ4v) is 3.90. The minimum absolute atomic E-state index is 0.0455. The lowest BCUT2D eigenvalue weighted by Gasteiger charge is -2.23. The van der Waals surface area contributed by atoms with Gasteiger partial charge in [0.05, 0.1) is 26.1 Å². The van der Waals surface area contributed by atoms with Crippen LogP contribution in [0.1, 0.15) is 13.8 Å². The second-order valence-corrected chi connectivity index (χ2v) is 8.04. The van der Waals surface area contributed by atoms with Crippen molar-refractivity contribution in [3.63, 3.8) is 0 Å². The van der Waals surface area contributed by atoms with Gasteiger partial charge in [-0.15, -0.1) is 0 Å². The molecule has 0 radical (unpaired) electrons. The van der Waals surface area contributed by atoms with Crippen molar-refractivity contribution in [1.82, 2.24) is 4.98 Å². The third-order valence-electron chi connectivity index (χ3n) is 2.67. The van der Waals surface area contributed by atoms with Crippen molar-refractivity contribution in [3.8, 4) is 11.8 Å². The highest BCUT2D eigenvalue weighted by molar-refractivity contribution is 8.00. The minimum Gasteiger partial charge on any atom is -0.480 e. The molecule has 0 saturated carbocycles. The Morgan fingerprint density at radius 2 is 1.96 bits per heavy atom. The molecule has 1 heterocycles. The van der Waals surface area contributed by atoms with Crippen molar-refractivity contribution in [2.24, 2.45) is 0 Å². The molecule has 0 bridgehead atoms. The largest absolute Gasteiger partial charge is 0.480 e. The Morgan fingerprint density at radius 1 is 1.39 bits per heavy atom. The topological polar surface area (TPSA) is 127 Å². The molecule has 2 N–H and O–H groups in total. The number of carboxylic acid groups (broad SMARTS) is 1.